The number of aliphatic hydroxyl groups is 1. The first-order chi connectivity index (χ1) is 15.9. The Labute approximate surface area is 192 Å². The number of hydrogen-bond donors (Lipinski definition) is 3. The molecule has 3 aliphatic carbocycles. The van der Waals surface area contributed by atoms with Gasteiger partial charge in [0.2, 0.25) is 5.91 Å². The third kappa shape index (κ3) is 2.89. The monoisotopic (exact) mass is 454 g/mol. The highest BCUT2D eigenvalue weighted by Gasteiger charge is 2.72. The van der Waals surface area contributed by atoms with E-state index in [4.69, 9.17) is 4.74 Å². The first-order valence-corrected chi connectivity index (χ1v) is 11.9. The number of nitrogens with zero attached hydrogens (tertiary/aromatic N) is 1. The van der Waals surface area contributed by atoms with Crippen LogP contribution in [0.25, 0.3) is 0 Å². The molecule has 8 heteroatoms. The fraction of sp³-hybridized carbons (Fsp3) is 0.600. The summed E-state index contributed by atoms with van der Waals surface area (Å²) in [7, 11) is 1.27. The summed E-state index contributed by atoms with van der Waals surface area (Å²) in [5, 5.41) is 25.6. The van der Waals surface area contributed by atoms with Gasteiger partial charge in [0.25, 0.3) is 0 Å². The van der Waals surface area contributed by atoms with Crippen molar-refractivity contribution in [2.45, 2.75) is 61.7 Å². The second kappa shape index (κ2) is 7.21. The van der Waals surface area contributed by atoms with E-state index in [0.717, 1.165) is 42.1 Å². The minimum atomic E-state index is -0.989. The lowest BCUT2D eigenvalue weighted by atomic mass is 9.48. The molecule has 1 unspecified atom stereocenters. The Morgan fingerprint density at radius 2 is 2.15 bits per heavy atom. The van der Waals surface area contributed by atoms with Crippen LogP contribution in [-0.2, 0) is 26.2 Å². The Hall–Kier alpha value is -2.58. The van der Waals surface area contributed by atoms with E-state index in [2.05, 4.69) is 15.0 Å². The van der Waals surface area contributed by atoms with Crippen LogP contribution in [0.3, 0.4) is 0 Å². The van der Waals surface area contributed by atoms with Gasteiger partial charge >= 0.3 is 5.97 Å². The Bertz CT molecular complexity index is 1070. The van der Waals surface area contributed by atoms with Crippen LogP contribution in [0, 0.1) is 5.92 Å². The van der Waals surface area contributed by atoms with Gasteiger partial charge in [-0.3, -0.25) is 14.5 Å². The van der Waals surface area contributed by atoms with E-state index in [-0.39, 0.29) is 24.2 Å². The summed E-state index contributed by atoms with van der Waals surface area (Å²) in [6.07, 6.45) is 6.01. The number of nitrogens with one attached hydrogen (secondary N) is 1. The standard InChI is InChI=1S/C25H30N2O6/c1-32-20(30)12-26-19(29)11-16-6-7-25(31)18-10-15-4-5-17(28)22-21(15)24(25,23(16)33-22)8-9-27(18)13-14-2-3-14/h4-5,11,14,18,23,28,31H,2-3,6-10,12-13H2,1H3,(H,26,29)/b16-11-/t18-,23?,24+,25-/m1/s1. The van der Waals surface area contributed by atoms with Crippen molar-refractivity contribution in [2.75, 3.05) is 26.7 Å². The Kier molecular flexibility index (Phi) is 4.58. The van der Waals surface area contributed by atoms with Gasteiger partial charge in [0.1, 0.15) is 12.6 Å². The molecule has 2 saturated carbocycles. The number of amides is 1. The van der Waals surface area contributed by atoms with Gasteiger partial charge in [-0.15, -0.1) is 0 Å². The molecule has 3 fully saturated rings. The van der Waals surface area contributed by atoms with E-state index in [1.54, 1.807) is 6.07 Å². The lowest BCUT2D eigenvalue weighted by Crippen LogP contribution is -2.75. The van der Waals surface area contributed by atoms with Crippen LogP contribution >= 0.6 is 0 Å². The van der Waals surface area contributed by atoms with Gasteiger partial charge in [-0.25, -0.2) is 0 Å². The zero-order valence-electron chi connectivity index (χ0n) is 18.8. The predicted octanol–water partition coefficient (Wildman–Crippen LogP) is 1.17. The number of ether oxygens (including phenoxy) is 2. The third-order valence-corrected chi connectivity index (χ3v) is 8.60. The van der Waals surface area contributed by atoms with Crippen molar-refractivity contribution in [1.82, 2.24) is 10.2 Å². The summed E-state index contributed by atoms with van der Waals surface area (Å²) in [5.74, 6) is 0.351. The molecule has 2 heterocycles. The van der Waals surface area contributed by atoms with Crippen LogP contribution < -0.4 is 10.1 Å². The number of methoxy groups -OCH3 is 1. The summed E-state index contributed by atoms with van der Waals surface area (Å²) < 4.78 is 11.0. The molecule has 1 aromatic rings. The lowest BCUT2D eigenvalue weighted by molar-refractivity contribution is -0.174. The minimum absolute atomic E-state index is 0.00403. The summed E-state index contributed by atoms with van der Waals surface area (Å²) in [5.41, 5.74) is 1.16. The molecule has 0 aromatic heterocycles. The molecule has 5 aliphatic rings. The molecule has 176 valence electrons. The topological polar surface area (TPSA) is 108 Å². The maximum atomic E-state index is 12.6. The van der Waals surface area contributed by atoms with Crippen molar-refractivity contribution in [3.05, 3.63) is 34.9 Å². The normalized spacial score (nSPS) is 35.0. The quantitative estimate of drug-likeness (QED) is 0.453. The average molecular weight is 455 g/mol. The molecule has 8 nitrogen and oxygen atoms in total. The Morgan fingerprint density at radius 1 is 1.33 bits per heavy atom. The van der Waals surface area contributed by atoms with Crippen LogP contribution in [-0.4, -0.2) is 71.5 Å². The fourth-order valence-electron chi connectivity index (χ4n) is 6.94. The van der Waals surface area contributed by atoms with E-state index >= 15 is 0 Å². The largest absolute Gasteiger partial charge is 0.504 e. The van der Waals surface area contributed by atoms with Gasteiger partial charge in [-0.2, -0.15) is 0 Å². The molecule has 0 radical (unpaired) electrons. The van der Waals surface area contributed by atoms with Crippen molar-refractivity contribution in [1.29, 1.82) is 0 Å². The average Bonchev–Trinajstić information content (AvgIpc) is 3.54. The number of rotatable bonds is 5. The highest BCUT2D eigenvalue weighted by atomic mass is 16.5. The van der Waals surface area contributed by atoms with Gasteiger partial charge < -0.3 is 25.0 Å². The summed E-state index contributed by atoms with van der Waals surface area (Å²) in [4.78, 5) is 26.5. The molecule has 3 N–H and O–H groups in total. The number of aromatic hydroxyl groups is 1. The number of piperidine rings is 1. The molecule has 1 aromatic carbocycles. The first-order valence-electron chi connectivity index (χ1n) is 11.9. The third-order valence-electron chi connectivity index (χ3n) is 8.60. The summed E-state index contributed by atoms with van der Waals surface area (Å²) in [6.45, 7) is 1.68. The van der Waals surface area contributed by atoms with Crippen LogP contribution in [0.5, 0.6) is 11.5 Å². The van der Waals surface area contributed by atoms with Crippen molar-refractivity contribution in [3.8, 4) is 11.5 Å². The van der Waals surface area contributed by atoms with Gasteiger partial charge in [0, 0.05) is 24.2 Å². The Balaban J connectivity index is 1.41. The van der Waals surface area contributed by atoms with Crippen molar-refractivity contribution >= 4 is 11.9 Å². The maximum absolute atomic E-state index is 12.6. The molecule has 2 bridgehead atoms. The van der Waals surface area contributed by atoms with Crippen LogP contribution in [0.15, 0.2) is 23.8 Å². The molecular weight excluding hydrogens is 424 g/mol. The second-order valence-electron chi connectivity index (χ2n) is 10.3. The SMILES string of the molecule is COC(=O)CNC(=O)/C=C1/CC[C@@]2(O)[C@H]3Cc4ccc(O)c5c4[C@@]2(CCN3CC2CC2)C1O5. The maximum Gasteiger partial charge on any atom is 0.325 e. The van der Waals surface area contributed by atoms with E-state index in [9.17, 15) is 19.8 Å². The zero-order valence-corrected chi connectivity index (χ0v) is 18.8. The summed E-state index contributed by atoms with van der Waals surface area (Å²) >= 11 is 0. The van der Waals surface area contributed by atoms with Crippen molar-refractivity contribution in [2.24, 2.45) is 5.92 Å². The number of likely N-dealkylation sites (tertiary alicyclic amines) is 1. The second-order valence-corrected chi connectivity index (χ2v) is 10.3. The Morgan fingerprint density at radius 3 is 2.91 bits per heavy atom. The molecule has 1 saturated heterocycles. The fourth-order valence-corrected chi connectivity index (χ4v) is 6.94. The van der Waals surface area contributed by atoms with Crippen LogP contribution in [0.4, 0.5) is 0 Å². The molecule has 1 spiro atoms. The molecule has 2 aliphatic heterocycles. The predicted molar refractivity (Wildman–Crippen MR) is 118 cm³/mol. The zero-order chi connectivity index (χ0) is 23.0. The van der Waals surface area contributed by atoms with E-state index < -0.39 is 23.1 Å². The van der Waals surface area contributed by atoms with Gasteiger partial charge in [0.05, 0.1) is 18.1 Å². The number of benzene rings is 1. The highest BCUT2D eigenvalue weighted by Crippen LogP contribution is 2.66. The molecule has 33 heavy (non-hydrogen) atoms. The number of carbonyl (C=O) groups excluding carboxylic acids is 2. The van der Waals surface area contributed by atoms with Crippen LogP contribution in [0.1, 0.15) is 43.2 Å². The van der Waals surface area contributed by atoms with E-state index in [0.29, 0.717) is 25.0 Å². The number of phenolic OH excluding ortho intramolecular Hbond substituents is 1. The van der Waals surface area contributed by atoms with Gasteiger partial charge in [0.15, 0.2) is 11.5 Å². The molecular formula is C25H30N2O6. The van der Waals surface area contributed by atoms with E-state index in [1.165, 1.54) is 26.0 Å². The molecule has 1 amide bonds. The van der Waals surface area contributed by atoms with E-state index in [1.807, 2.05) is 6.07 Å². The number of carbonyl (C=O) groups is 2. The van der Waals surface area contributed by atoms with Crippen molar-refractivity contribution < 1.29 is 29.3 Å². The summed E-state index contributed by atoms with van der Waals surface area (Å²) in [6, 6.07) is 3.64. The minimum Gasteiger partial charge on any atom is -0.504 e. The van der Waals surface area contributed by atoms with Gasteiger partial charge in [-0.05, 0) is 68.2 Å². The number of esters is 1. The van der Waals surface area contributed by atoms with Crippen molar-refractivity contribution in [3.63, 3.8) is 0 Å². The van der Waals surface area contributed by atoms with Gasteiger partial charge in [-0.1, -0.05) is 6.07 Å². The molecule has 4 atom stereocenters. The highest BCUT2D eigenvalue weighted by molar-refractivity contribution is 5.91. The van der Waals surface area contributed by atoms with Crippen LogP contribution in [0.2, 0.25) is 0 Å². The molecule has 6 rings (SSSR count). The number of phenols is 1. The smallest absolute Gasteiger partial charge is 0.325 e. The first kappa shape index (κ1) is 21.0. The number of hydrogen-bond acceptors (Lipinski definition) is 7. The lowest BCUT2D eigenvalue weighted by Gasteiger charge is -2.63.